The predicted octanol–water partition coefficient (Wildman–Crippen LogP) is 1.21. The molecule has 7 heteroatoms. The highest BCUT2D eigenvalue weighted by Crippen LogP contribution is 2.32. The second-order valence-corrected chi connectivity index (χ2v) is 4.85. The molecule has 0 radical (unpaired) electrons. The number of hydrogen-bond acceptors (Lipinski definition) is 5. The molecule has 0 aliphatic carbocycles. The first-order valence-electron chi connectivity index (χ1n) is 6.78. The zero-order valence-electron chi connectivity index (χ0n) is 11.5. The van der Waals surface area contributed by atoms with Crippen LogP contribution in [0.4, 0.5) is 0 Å². The van der Waals surface area contributed by atoms with Crippen molar-refractivity contribution < 1.29 is 9.47 Å². The number of ether oxygens (including phenoxy) is 2. The van der Waals surface area contributed by atoms with Gasteiger partial charge in [0.1, 0.15) is 0 Å². The van der Waals surface area contributed by atoms with E-state index >= 15 is 0 Å². The van der Waals surface area contributed by atoms with Crippen molar-refractivity contribution in [3.05, 3.63) is 64.6 Å². The van der Waals surface area contributed by atoms with Crippen LogP contribution in [0.15, 0.2) is 53.3 Å². The van der Waals surface area contributed by atoms with E-state index in [2.05, 4.69) is 10.4 Å². The molecule has 0 unspecified atom stereocenters. The van der Waals surface area contributed by atoms with Crippen LogP contribution in [0.3, 0.4) is 0 Å². The van der Waals surface area contributed by atoms with Gasteiger partial charge in [-0.2, -0.15) is 9.36 Å². The zero-order valence-corrected chi connectivity index (χ0v) is 11.5. The molecule has 0 fully saturated rings. The van der Waals surface area contributed by atoms with E-state index in [0.717, 1.165) is 5.56 Å². The maximum Gasteiger partial charge on any atom is 0.368 e. The standard InChI is InChI=1S/C15H12N4O3/c20-15-18(16-17-19(15)12-4-2-1-3-5-12)9-11-6-7-13-14(8-11)22-10-21-13/h1-8H,9-10H2. The van der Waals surface area contributed by atoms with Gasteiger partial charge in [-0.25, -0.2) is 4.79 Å². The molecule has 1 aliphatic rings. The van der Waals surface area contributed by atoms with Crippen LogP contribution in [0.5, 0.6) is 11.5 Å². The molecular formula is C15H12N4O3. The topological polar surface area (TPSA) is 71.2 Å². The first-order valence-corrected chi connectivity index (χ1v) is 6.78. The molecule has 3 aromatic rings. The average molecular weight is 296 g/mol. The Morgan fingerprint density at radius 2 is 1.82 bits per heavy atom. The highest BCUT2D eigenvalue weighted by Gasteiger charge is 2.15. The monoisotopic (exact) mass is 296 g/mol. The third kappa shape index (κ3) is 2.12. The van der Waals surface area contributed by atoms with E-state index in [0.29, 0.717) is 23.7 Å². The molecule has 22 heavy (non-hydrogen) atoms. The number of para-hydroxylation sites is 1. The minimum absolute atomic E-state index is 0.225. The lowest BCUT2D eigenvalue weighted by molar-refractivity contribution is 0.174. The summed E-state index contributed by atoms with van der Waals surface area (Å²) in [6.07, 6.45) is 0. The largest absolute Gasteiger partial charge is 0.454 e. The molecule has 7 nitrogen and oxygen atoms in total. The maximum atomic E-state index is 12.4. The van der Waals surface area contributed by atoms with Gasteiger partial charge in [0, 0.05) is 0 Å². The van der Waals surface area contributed by atoms with Crippen LogP contribution < -0.4 is 15.2 Å². The quantitative estimate of drug-likeness (QED) is 0.726. The van der Waals surface area contributed by atoms with Crippen LogP contribution in [0.25, 0.3) is 5.69 Å². The number of tetrazole rings is 1. The van der Waals surface area contributed by atoms with E-state index < -0.39 is 0 Å². The summed E-state index contributed by atoms with van der Waals surface area (Å²) < 4.78 is 13.2. The summed E-state index contributed by atoms with van der Waals surface area (Å²) in [5, 5.41) is 7.84. The Labute approximate surface area is 125 Å². The van der Waals surface area contributed by atoms with Gasteiger partial charge in [0.2, 0.25) is 6.79 Å². The predicted molar refractivity (Wildman–Crippen MR) is 77.3 cm³/mol. The Morgan fingerprint density at radius 3 is 2.68 bits per heavy atom. The Kier molecular flexibility index (Phi) is 2.89. The molecule has 110 valence electrons. The van der Waals surface area contributed by atoms with Crippen LogP contribution in [0, 0.1) is 0 Å². The van der Waals surface area contributed by atoms with Gasteiger partial charge in [-0.1, -0.05) is 24.3 Å². The number of rotatable bonds is 3. The highest BCUT2D eigenvalue weighted by molar-refractivity contribution is 5.44. The van der Waals surface area contributed by atoms with Crippen LogP contribution in [0.1, 0.15) is 5.56 Å². The molecule has 0 atom stereocenters. The van der Waals surface area contributed by atoms with Crippen molar-refractivity contribution in [1.29, 1.82) is 0 Å². The Balaban J connectivity index is 1.65. The fourth-order valence-electron chi connectivity index (χ4n) is 2.32. The van der Waals surface area contributed by atoms with Gasteiger partial charge in [-0.15, -0.1) is 0 Å². The normalized spacial score (nSPS) is 12.5. The van der Waals surface area contributed by atoms with Crippen molar-refractivity contribution in [2.75, 3.05) is 6.79 Å². The molecule has 2 aromatic carbocycles. The van der Waals surface area contributed by atoms with E-state index in [4.69, 9.17) is 9.47 Å². The van der Waals surface area contributed by atoms with Gasteiger partial charge in [-0.05, 0) is 40.3 Å². The lowest BCUT2D eigenvalue weighted by atomic mass is 10.2. The zero-order chi connectivity index (χ0) is 14.9. The number of nitrogens with zero attached hydrogens (tertiary/aromatic N) is 4. The molecule has 0 saturated carbocycles. The summed E-state index contributed by atoms with van der Waals surface area (Å²) >= 11 is 0. The van der Waals surface area contributed by atoms with Crippen LogP contribution in [-0.2, 0) is 6.54 Å². The average Bonchev–Trinajstić information content (AvgIpc) is 3.15. The van der Waals surface area contributed by atoms with E-state index in [9.17, 15) is 4.79 Å². The van der Waals surface area contributed by atoms with Gasteiger partial charge in [-0.3, -0.25) is 0 Å². The van der Waals surface area contributed by atoms with E-state index in [1.54, 1.807) is 12.1 Å². The minimum Gasteiger partial charge on any atom is -0.454 e. The molecule has 0 spiro atoms. The molecular weight excluding hydrogens is 284 g/mol. The molecule has 1 aromatic heterocycles. The second-order valence-electron chi connectivity index (χ2n) is 4.85. The Morgan fingerprint density at radius 1 is 1.00 bits per heavy atom. The van der Waals surface area contributed by atoms with Crippen molar-refractivity contribution in [3.8, 4) is 17.2 Å². The molecule has 0 amide bonds. The molecule has 0 N–H and O–H groups in total. The Hall–Kier alpha value is -3.09. The molecule has 0 bridgehead atoms. The van der Waals surface area contributed by atoms with Gasteiger partial charge < -0.3 is 9.47 Å². The molecule has 0 saturated heterocycles. The van der Waals surface area contributed by atoms with Gasteiger partial charge in [0.05, 0.1) is 12.2 Å². The summed E-state index contributed by atoms with van der Waals surface area (Å²) in [7, 11) is 0. The van der Waals surface area contributed by atoms with E-state index in [-0.39, 0.29) is 12.5 Å². The smallest absolute Gasteiger partial charge is 0.368 e. The first-order chi connectivity index (χ1) is 10.8. The first kappa shape index (κ1) is 12.6. The fraction of sp³-hybridized carbons (Fsp3) is 0.133. The summed E-state index contributed by atoms with van der Waals surface area (Å²) in [6, 6.07) is 14.7. The minimum atomic E-state index is -0.288. The Bertz CT molecular complexity index is 870. The van der Waals surface area contributed by atoms with Crippen molar-refractivity contribution in [1.82, 2.24) is 19.8 Å². The van der Waals surface area contributed by atoms with Crippen LogP contribution in [-0.4, -0.2) is 26.6 Å². The van der Waals surface area contributed by atoms with Crippen molar-refractivity contribution in [2.45, 2.75) is 6.54 Å². The maximum absolute atomic E-state index is 12.4. The van der Waals surface area contributed by atoms with Crippen LogP contribution in [0.2, 0.25) is 0 Å². The number of aromatic nitrogens is 4. The van der Waals surface area contributed by atoms with E-state index in [1.807, 2.05) is 36.4 Å². The van der Waals surface area contributed by atoms with Crippen molar-refractivity contribution >= 4 is 0 Å². The highest BCUT2D eigenvalue weighted by atomic mass is 16.7. The number of fused-ring (bicyclic) bond motifs is 1. The second kappa shape index (κ2) is 5.03. The number of benzene rings is 2. The summed E-state index contributed by atoms with van der Waals surface area (Å²) in [6.45, 7) is 0.547. The lowest BCUT2D eigenvalue weighted by Crippen LogP contribution is -2.24. The van der Waals surface area contributed by atoms with Crippen LogP contribution >= 0.6 is 0 Å². The fourth-order valence-corrected chi connectivity index (χ4v) is 2.32. The van der Waals surface area contributed by atoms with Crippen molar-refractivity contribution in [3.63, 3.8) is 0 Å². The molecule has 2 heterocycles. The van der Waals surface area contributed by atoms with Gasteiger partial charge in [0.25, 0.3) is 0 Å². The lowest BCUT2D eigenvalue weighted by Gasteiger charge is -2.01. The van der Waals surface area contributed by atoms with Gasteiger partial charge in [0.15, 0.2) is 11.5 Å². The molecule has 4 rings (SSSR count). The summed E-state index contributed by atoms with van der Waals surface area (Å²) in [4.78, 5) is 12.4. The SMILES string of the molecule is O=c1n(Cc2ccc3c(c2)OCO3)nnn1-c1ccccc1. The van der Waals surface area contributed by atoms with E-state index in [1.165, 1.54) is 9.36 Å². The number of hydrogen-bond donors (Lipinski definition) is 0. The summed E-state index contributed by atoms with van der Waals surface area (Å²) in [5.74, 6) is 1.39. The third-order valence-electron chi connectivity index (χ3n) is 3.41. The van der Waals surface area contributed by atoms with Crippen molar-refractivity contribution in [2.24, 2.45) is 0 Å². The molecule has 1 aliphatic heterocycles. The third-order valence-corrected chi connectivity index (χ3v) is 3.41. The summed E-state index contributed by atoms with van der Waals surface area (Å²) in [5.41, 5.74) is 1.29. The van der Waals surface area contributed by atoms with Gasteiger partial charge >= 0.3 is 5.69 Å².